The number of halogens is 2. The molecule has 0 bridgehead atoms. The number of benzene rings is 1. The monoisotopic (exact) mass is 527 g/mol. The van der Waals surface area contributed by atoms with Crippen molar-refractivity contribution in [3.63, 3.8) is 0 Å². The first-order chi connectivity index (χ1) is 17.6. The minimum Gasteiger partial charge on any atom is -0.494 e. The van der Waals surface area contributed by atoms with Crippen LogP contribution in [0.15, 0.2) is 28.7 Å². The molecule has 0 radical (unpaired) electrons. The normalized spacial score (nSPS) is 14.6. The molecule has 37 heavy (non-hydrogen) atoms. The second-order valence-corrected chi connectivity index (χ2v) is 10.4. The molecule has 0 unspecified atom stereocenters. The van der Waals surface area contributed by atoms with Gasteiger partial charge in [0, 0.05) is 35.7 Å². The van der Waals surface area contributed by atoms with Crippen molar-refractivity contribution in [1.82, 2.24) is 19.9 Å². The van der Waals surface area contributed by atoms with E-state index in [0.29, 0.717) is 48.4 Å². The van der Waals surface area contributed by atoms with Crippen LogP contribution in [-0.4, -0.2) is 39.4 Å². The van der Waals surface area contributed by atoms with E-state index in [0.717, 1.165) is 22.5 Å². The van der Waals surface area contributed by atoms with Gasteiger partial charge in [-0.2, -0.15) is 8.78 Å². The third-order valence-electron chi connectivity index (χ3n) is 6.48. The molecule has 1 aliphatic rings. The van der Waals surface area contributed by atoms with Gasteiger partial charge in [-0.3, -0.25) is 4.79 Å². The molecule has 4 heterocycles. The van der Waals surface area contributed by atoms with Gasteiger partial charge in [0.1, 0.15) is 17.0 Å². The maximum atomic E-state index is 14.0. The van der Waals surface area contributed by atoms with Crippen molar-refractivity contribution in [2.24, 2.45) is 5.73 Å². The lowest BCUT2D eigenvalue weighted by Gasteiger charge is -2.25. The molecule has 1 atom stereocenters. The van der Waals surface area contributed by atoms with Crippen molar-refractivity contribution in [3.8, 4) is 17.2 Å². The Morgan fingerprint density at radius 3 is 2.76 bits per heavy atom. The van der Waals surface area contributed by atoms with E-state index in [1.807, 2.05) is 13.8 Å². The molecule has 11 heteroatoms. The zero-order valence-electron chi connectivity index (χ0n) is 21.0. The number of pyridine rings is 1. The largest absolute Gasteiger partial charge is 0.494 e. The zero-order chi connectivity index (χ0) is 26.5. The zero-order valence-corrected chi connectivity index (χ0v) is 21.8. The predicted molar refractivity (Wildman–Crippen MR) is 136 cm³/mol. The lowest BCUT2D eigenvalue weighted by Crippen LogP contribution is -2.36. The summed E-state index contributed by atoms with van der Waals surface area (Å²) in [6.45, 7) is 5.61. The molecule has 1 aliphatic heterocycles. The van der Waals surface area contributed by atoms with Crippen molar-refractivity contribution in [2.45, 2.75) is 52.1 Å². The number of ether oxygens (including phenoxy) is 1. The Morgan fingerprint density at radius 2 is 2.05 bits per heavy atom. The summed E-state index contributed by atoms with van der Waals surface area (Å²) in [5.74, 6) is -2.60. The third-order valence-corrected chi connectivity index (χ3v) is 7.48. The van der Waals surface area contributed by atoms with Crippen LogP contribution in [0.1, 0.15) is 63.8 Å². The highest BCUT2D eigenvalue weighted by molar-refractivity contribution is 7.11. The van der Waals surface area contributed by atoms with E-state index in [9.17, 15) is 13.6 Å². The Bertz CT molecular complexity index is 1490. The van der Waals surface area contributed by atoms with Crippen LogP contribution < -0.4 is 10.5 Å². The first-order valence-corrected chi connectivity index (χ1v) is 12.8. The van der Waals surface area contributed by atoms with E-state index >= 15 is 0 Å². The number of hydrogen-bond acceptors (Lipinski definition) is 8. The van der Waals surface area contributed by atoms with Crippen LogP contribution in [0.5, 0.6) is 5.75 Å². The third kappa shape index (κ3) is 4.57. The van der Waals surface area contributed by atoms with E-state index in [1.54, 1.807) is 28.4 Å². The van der Waals surface area contributed by atoms with E-state index in [1.165, 1.54) is 19.2 Å². The summed E-state index contributed by atoms with van der Waals surface area (Å²) >= 11 is 1.59. The Morgan fingerprint density at radius 1 is 1.27 bits per heavy atom. The van der Waals surface area contributed by atoms with Gasteiger partial charge in [0.2, 0.25) is 5.89 Å². The van der Waals surface area contributed by atoms with E-state index in [4.69, 9.17) is 14.9 Å². The number of hydrogen-bond donors (Lipinski definition) is 1. The van der Waals surface area contributed by atoms with Gasteiger partial charge in [-0.1, -0.05) is 6.92 Å². The van der Waals surface area contributed by atoms with Crippen LogP contribution in [0.25, 0.3) is 22.4 Å². The Kier molecular flexibility index (Phi) is 6.45. The van der Waals surface area contributed by atoms with Crippen molar-refractivity contribution in [1.29, 1.82) is 0 Å². The number of amides is 1. The van der Waals surface area contributed by atoms with Crippen molar-refractivity contribution >= 4 is 28.1 Å². The first kappa shape index (κ1) is 25.2. The van der Waals surface area contributed by atoms with Gasteiger partial charge in [0.05, 0.1) is 30.4 Å². The van der Waals surface area contributed by atoms with Crippen LogP contribution in [0, 0.1) is 6.92 Å². The average Bonchev–Trinajstić information content (AvgIpc) is 3.48. The minimum absolute atomic E-state index is 0.155. The second kappa shape index (κ2) is 9.46. The number of nitrogens with zero attached hydrogens (tertiary/aromatic N) is 4. The molecule has 4 aromatic rings. The number of thiazole rings is 1. The molecule has 1 aromatic carbocycles. The molecule has 1 amide bonds. The molecule has 0 aliphatic carbocycles. The Balaban J connectivity index is 1.59. The van der Waals surface area contributed by atoms with Crippen LogP contribution in [0.3, 0.4) is 0 Å². The highest BCUT2D eigenvalue weighted by Gasteiger charge is 2.32. The molecule has 3 aromatic heterocycles. The summed E-state index contributed by atoms with van der Waals surface area (Å²) in [6, 6.07) is 5.59. The van der Waals surface area contributed by atoms with E-state index < -0.39 is 12.0 Å². The van der Waals surface area contributed by atoms with Crippen molar-refractivity contribution in [3.05, 3.63) is 57.0 Å². The van der Waals surface area contributed by atoms with E-state index in [-0.39, 0.29) is 28.7 Å². The molecule has 2 N–H and O–H groups in total. The van der Waals surface area contributed by atoms with Gasteiger partial charge in [-0.05, 0) is 37.6 Å². The number of carbonyl (C=O) groups excluding carboxylic acids is 1. The summed E-state index contributed by atoms with van der Waals surface area (Å²) in [4.78, 5) is 29.7. The van der Waals surface area contributed by atoms with Gasteiger partial charge in [0.15, 0.2) is 11.5 Å². The summed E-state index contributed by atoms with van der Waals surface area (Å²) < 4.78 is 39.5. The topological polar surface area (TPSA) is 107 Å². The van der Waals surface area contributed by atoms with Crippen LogP contribution in [0.4, 0.5) is 8.78 Å². The standard InChI is InChI=1S/C26H27F2N5O3S/c1-5-16(29)23-22(25(34)33-11-10-17-19(12-33)37-13(2)30-17)32-24(36-23)15-6-8-18(35-4)21-14(15)7-9-20(31-21)26(3,27)28/h6-9,16H,5,10-12,29H2,1-4H3/t16-/m0/s1. The number of oxazole rings is 1. The van der Waals surface area contributed by atoms with Crippen LogP contribution in [-0.2, 0) is 18.9 Å². The summed E-state index contributed by atoms with van der Waals surface area (Å²) in [7, 11) is 1.45. The molecule has 8 nitrogen and oxygen atoms in total. The molecular formula is C26H27F2N5O3S. The number of fused-ring (bicyclic) bond motifs is 2. The molecular weight excluding hydrogens is 500 g/mol. The number of aromatic nitrogens is 3. The lowest BCUT2D eigenvalue weighted by molar-refractivity contribution is 0.0131. The summed E-state index contributed by atoms with van der Waals surface area (Å²) in [6.07, 6.45) is 1.21. The lowest BCUT2D eigenvalue weighted by atomic mass is 10.1. The highest BCUT2D eigenvalue weighted by atomic mass is 32.1. The number of aryl methyl sites for hydroxylation is 1. The van der Waals surface area contributed by atoms with Crippen LogP contribution >= 0.6 is 11.3 Å². The summed E-state index contributed by atoms with van der Waals surface area (Å²) in [5, 5.41) is 1.48. The Hall–Kier alpha value is -3.44. The maximum Gasteiger partial charge on any atom is 0.286 e. The molecule has 194 valence electrons. The van der Waals surface area contributed by atoms with Gasteiger partial charge < -0.3 is 19.8 Å². The number of carbonyl (C=O) groups is 1. The molecule has 0 spiro atoms. The molecule has 0 saturated carbocycles. The number of nitrogens with two attached hydrogens (primary N) is 1. The fourth-order valence-corrected chi connectivity index (χ4v) is 5.47. The van der Waals surface area contributed by atoms with Gasteiger partial charge in [-0.15, -0.1) is 11.3 Å². The number of methoxy groups -OCH3 is 1. The highest BCUT2D eigenvalue weighted by Crippen LogP contribution is 2.37. The Labute approximate surface area is 216 Å². The fourth-order valence-electron chi connectivity index (χ4n) is 4.47. The predicted octanol–water partition coefficient (Wildman–Crippen LogP) is 5.38. The maximum absolute atomic E-state index is 14.0. The van der Waals surface area contributed by atoms with Gasteiger partial charge in [0.25, 0.3) is 11.8 Å². The average molecular weight is 528 g/mol. The van der Waals surface area contributed by atoms with Crippen LogP contribution in [0.2, 0.25) is 0 Å². The van der Waals surface area contributed by atoms with Gasteiger partial charge in [-0.25, -0.2) is 15.0 Å². The SMILES string of the molecule is CC[C@H](N)c1oc(-c2ccc(OC)c3nc(C(C)(F)F)ccc23)nc1C(=O)N1CCc2nc(C)sc2C1. The van der Waals surface area contributed by atoms with Gasteiger partial charge >= 0.3 is 0 Å². The second-order valence-electron chi connectivity index (χ2n) is 9.12. The fraction of sp³-hybridized carbons (Fsp3) is 0.385. The quantitative estimate of drug-likeness (QED) is 0.359. The smallest absolute Gasteiger partial charge is 0.286 e. The van der Waals surface area contributed by atoms with E-state index in [2.05, 4.69) is 15.0 Å². The molecule has 5 rings (SSSR count). The first-order valence-electron chi connectivity index (χ1n) is 12.0. The summed E-state index contributed by atoms with van der Waals surface area (Å²) in [5.41, 5.74) is 7.88. The van der Waals surface area contributed by atoms with Crippen molar-refractivity contribution < 1.29 is 22.7 Å². The number of rotatable bonds is 6. The molecule has 0 saturated heterocycles. The number of alkyl halides is 2. The van der Waals surface area contributed by atoms with Crippen molar-refractivity contribution in [2.75, 3.05) is 13.7 Å². The molecule has 0 fully saturated rings. The minimum atomic E-state index is -3.12.